The van der Waals surface area contributed by atoms with E-state index in [0.717, 1.165) is 25.9 Å². The van der Waals surface area contributed by atoms with E-state index in [-0.39, 0.29) is 5.91 Å². The lowest BCUT2D eigenvalue weighted by atomic mass is 9.89. The molecule has 0 spiro atoms. The molecule has 0 bridgehead atoms. The van der Waals surface area contributed by atoms with Gasteiger partial charge in [0.05, 0.1) is 5.69 Å². The van der Waals surface area contributed by atoms with Gasteiger partial charge >= 0.3 is 0 Å². The molecule has 1 N–H and O–H groups in total. The van der Waals surface area contributed by atoms with E-state index in [1.807, 2.05) is 17.9 Å². The number of benzene rings is 1. The van der Waals surface area contributed by atoms with Gasteiger partial charge in [0.25, 0.3) is 5.91 Å². The van der Waals surface area contributed by atoms with E-state index < -0.39 is 0 Å². The minimum absolute atomic E-state index is 0.0450. The zero-order chi connectivity index (χ0) is 16.7. The van der Waals surface area contributed by atoms with Crippen LogP contribution in [-0.4, -0.2) is 34.0 Å². The van der Waals surface area contributed by atoms with Crippen molar-refractivity contribution in [2.75, 3.05) is 13.1 Å². The van der Waals surface area contributed by atoms with Gasteiger partial charge in [0.15, 0.2) is 0 Å². The summed E-state index contributed by atoms with van der Waals surface area (Å²) in [6.45, 7) is 5.16. The summed E-state index contributed by atoms with van der Waals surface area (Å²) in [5.74, 6) is 1.15. The number of aromatic nitrogens is 2. The second-order valence-corrected chi connectivity index (χ2v) is 6.56. The van der Waals surface area contributed by atoms with E-state index in [1.54, 1.807) is 6.92 Å². The minimum Gasteiger partial charge on any atom is -0.361 e. The largest absolute Gasteiger partial charge is 0.361 e. The molecular formula is C19H21N3O2. The van der Waals surface area contributed by atoms with E-state index >= 15 is 0 Å². The lowest BCUT2D eigenvalue weighted by molar-refractivity contribution is 0.0711. The fourth-order valence-electron chi connectivity index (χ4n) is 3.77. The highest BCUT2D eigenvalue weighted by Crippen LogP contribution is 2.33. The molecule has 1 fully saturated rings. The standard InChI is InChI=1S/C19H21N3O2/c1-12-18(13(2)24-21-12)19(23)22-9-7-14(8-10-22)16-11-20-17-6-4-3-5-15(16)17/h3-6,11,14,20H,7-10H2,1-2H3. The molecule has 2 aromatic heterocycles. The summed E-state index contributed by atoms with van der Waals surface area (Å²) >= 11 is 0. The topological polar surface area (TPSA) is 62.1 Å². The van der Waals surface area contributed by atoms with Gasteiger partial charge in [-0.3, -0.25) is 4.79 Å². The van der Waals surface area contributed by atoms with Crippen molar-refractivity contribution in [3.05, 3.63) is 53.0 Å². The van der Waals surface area contributed by atoms with Crippen LogP contribution in [-0.2, 0) is 0 Å². The smallest absolute Gasteiger partial charge is 0.259 e. The maximum absolute atomic E-state index is 12.7. The third-order valence-corrected chi connectivity index (χ3v) is 5.09. The number of amides is 1. The number of likely N-dealkylation sites (tertiary alicyclic amines) is 1. The summed E-state index contributed by atoms with van der Waals surface area (Å²) in [7, 11) is 0. The number of nitrogens with one attached hydrogen (secondary N) is 1. The fourth-order valence-corrected chi connectivity index (χ4v) is 3.77. The number of hydrogen-bond acceptors (Lipinski definition) is 3. The summed E-state index contributed by atoms with van der Waals surface area (Å²) in [6.07, 6.45) is 4.09. The van der Waals surface area contributed by atoms with Crippen LogP contribution in [0.25, 0.3) is 10.9 Å². The van der Waals surface area contributed by atoms with Crippen LogP contribution in [0.5, 0.6) is 0 Å². The van der Waals surface area contributed by atoms with Crippen molar-refractivity contribution in [1.82, 2.24) is 15.0 Å². The molecule has 0 unspecified atom stereocenters. The molecular weight excluding hydrogens is 302 g/mol. The van der Waals surface area contributed by atoms with Crippen LogP contribution in [0, 0.1) is 13.8 Å². The number of aromatic amines is 1. The average Bonchev–Trinajstić information content (AvgIpc) is 3.18. The summed E-state index contributed by atoms with van der Waals surface area (Å²) in [5.41, 5.74) is 3.86. The Morgan fingerprint density at radius 1 is 1.25 bits per heavy atom. The summed E-state index contributed by atoms with van der Waals surface area (Å²) in [4.78, 5) is 18.0. The van der Waals surface area contributed by atoms with Gasteiger partial charge in [-0.15, -0.1) is 0 Å². The predicted molar refractivity (Wildman–Crippen MR) is 92.2 cm³/mol. The number of fused-ring (bicyclic) bond motifs is 1. The van der Waals surface area contributed by atoms with E-state index in [2.05, 4.69) is 34.5 Å². The molecule has 5 nitrogen and oxygen atoms in total. The molecule has 3 heterocycles. The van der Waals surface area contributed by atoms with Crippen LogP contribution < -0.4 is 0 Å². The Bertz CT molecular complexity index is 866. The number of nitrogens with zero attached hydrogens (tertiary/aromatic N) is 2. The molecule has 0 radical (unpaired) electrons. The van der Waals surface area contributed by atoms with Gasteiger partial charge in [0, 0.05) is 30.2 Å². The highest BCUT2D eigenvalue weighted by molar-refractivity contribution is 5.96. The second-order valence-electron chi connectivity index (χ2n) is 6.56. The second kappa shape index (κ2) is 5.82. The molecule has 1 aliphatic rings. The van der Waals surface area contributed by atoms with Crippen LogP contribution in [0.3, 0.4) is 0 Å². The summed E-state index contributed by atoms with van der Waals surface area (Å²) < 4.78 is 5.13. The highest BCUT2D eigenvalue weighted by atomic mass is 16.5. The zero-order valence-electron chi connectivity index (χ0n) is 14.0. The predicted octanol–water partition coefficient (Wildman–Crippen LogP) is 3.79. The van der Waals surface area contributed by atoms with Crippen LogP contribution in [0.4, 0.5) is 0 Å². The number of piperidine rings is 1. The third-order valence-electron chi connectivity index (χ3n) is 5.09. The Balaban J connectivity index is 1.50. The van der Waals surface area contributed by atoms with Crippen molar-refractivity contribution in [3.8, 4) is 0 Å². The third kappa shape index (κ3) is 2.40. The van der Waals surface area contributed by atoms with E-state index in [9.17, 15) is 4.79 Å². The number of hydrogen-bond donors (Lipinski definition) is 1. The molecule has 0 aliphatic carbocycles. The maximum Gasteiger partial charge on any atom is 0.259 e. The molecule has 1 saturated heterocycles. The average molecular weight is 323 g/mol. The zero-order valence-corrected chi connectivity index (χ0v) is 14.0. The van der Waals surface area contributed by atoms with Crippen LogP contribution in [0.15, 0.2) is 35.0 Å². The van der Waals surface area contributed by atoms with Crippen molar-refractivity contribution in [3.63, 3.8) is 0 Å². The first-order chi connectivity index (χ1) is 11.6. The summed E-state index contributed by atoms with van der Waals surface area (Å²) in [6, 6.07) is 8.40. The van der Waals surface area contributed by atoms with Gasteiger partial charge in [-0.1, -0.05) is 23.4 Å². The van der Waals surface area contributed by atoms with Gasteiger partial charge in [-0.05, 0) is 44.2 Å². The van der Waals surface area contributed by atoms with Gasteiger partial charge in [-0.25, -0.2) is 0 Å². The van der Waals surface area contributed by atoms with E-state index in [1.165, 1.54) is 16.5 Å². The van der Waals surface area contributed by atoms with Gasteiger partial charge < -0.3 is 14.4 Å². The Hall–Kier alpha value is -2.56. The molecule has 3 aromatic rings. The lowest BCUT2D eigenvalue weighted by Gasteiger charge is -2.32. The molecule has 1 amide bonds. The Kier molecular flexibility index (Phi) is 3.63. The maximum atomic E-state index is 12.7. The summed E-state index contributed by atoms with van der Waals surface area (Å²) in [5, 5.41) is 5.19. The Labute approximate surface area is 140 Å². The van der Waals surface area contributed by atoms with Crippen LogP contribution in [0.1, 0.15) is 46.1 Å². The quantitative estimate of drug-likeness (QED) is 0.780. The van der Waals surface area contributed by atoms with Gasteiger partial charge in [0.2, 0.25) is 0 Å². The molecule has 1 aromatic carbocycles. The Morgan fingerprint density at radius 3 is 2.71 bits per heavy atom. The lowest BCUT2D eigenvalue weighted by Crippen LogP contribution is -2.38. The van der Waals surface area contributed by atoms with Gasteiger partial charge in [-0.2, -0.15) is 0 Å². The first-order valence-electron chi connectivity index (χ1n) is 8.43. The number of H-pyrrole nitrogens is 1. The Morgan fingerprint density at radius 2 is 2.00 bits per heavy atom. The minimum atomic E-state index is 0.0450. The first kappa shape index (κ1) is 15.0. The molecule has 1 aliphatic heterocycles. The number of rotatable bonds is 2. The van der Waals surface area contributed by atoms with Crippen LogP contribution >= 0.6 is 0 Å². The van der Waals surface area contributed by atoms with Crippen molar-refractivity contribution in [2.45, 2.75) is 32.6 Å². The SMILES string of the molecule is Cc1noc(C)c1C(=O)N1CCC(c2c[nH]c3ccccc23)CC1. The number of aryl methyl sites for hydroxylation is 2. The highest BCUT2D eigenvalue weighted by Gasteiger charge is 2.28. The van der Waals surface area contributed by atoms with E-state index in [0.29, 0.717) is 22.9 Å². The van der Waals surface area contributed by atoms with Crippen molar-refractivity contribution < 1.29 is 9.32 Å². The van der Waals surface area contributed by atoms with E-state index in [4.69, 9.17) is 4.52 Å². The normalized spacial score (nSPS) is 16.0. The monoisotopic (exact) mass is 323 g/mol. The molecule has 124 valence electrons. The van der Waals surface area contributed by atoms with Gasteiger partial charge in [0.1, 0.15) is 11.3 Å². The number of para-hydroxylation sites is 1. The fraction of sp³-hybridized carbons (Fsp3) is 0.368. The van der Waals surface area contributed by atoms with Crippen LogP contribution in [0.2, 0.25) is 0 Å². The number of carbonyl (C=O) groups is 1. The number of carbonyl (C=O) groups excluding carboxylic acids is 1. The molecule has 0 atom stereocenters. The van der Waals surface area contributed by atoms with Crippen molar-refractivity contribution in [1.29, 1.82) is 0 Å². The molecule has 5 heteroatoms. The molecule has 24 heavy (non-hydrogen) atoms. The van der Waals surface area contributed by atoms with Crippen molar-refractivity contribution >= 4 is 16.8 Å². The van der Waals surface area contributed by atoms with Crippen molar-refractivity contribution in [2.24, 2.45) is 0 Å². The molecule has 0 saturated carbocycles. The molecule has 4 rings (SSSR count). The first-order valence-corrected chi connectivity index (χ1v) is 8.43.